The quantitative estimate of drug-likeness (QED) is 0.492. The number of nitrogens with zero attached hydrogens (tertiary/aromatic N) is 2. The summed E-state index contributed by atoms with van der Waals surface area (Å²) in [6, 6.07) is 8.44. The lowest BCUT2D eigenvalue weighted by Crippen LogP contribution is -2.41. The monoisotopic (exact) mass is 358 g/mol. The predicted molar refractivity (Wildman–Crippen MR) is 106 cm³/mol. The first-order valence-electron chi connectivity index (χ1n) is 9.15. The Morgan fingerprint density at radius 3 is 2.52 bits per heavy atom. The first-order chi connectivity index (χ1) is 12.1. The zero-order valence-electron chi connectivity index (χ0n) is 14.8. The second-order valence-corrected chi connectivity index (χ2v) is 7.22. The number of benzene rings is 1. The van der Waals surface area contributed by atoms with Crippen LogP contribution in [0, 0.1) is 0 Å². The van der Waals surface area contributed by atoms with Gasteiger partial charge in [0.1, 0.15) is 0 Å². The lowest BCUT2D eigenvalue weighted by molar-refractivity contribution is -0.117. The van der Waals surface area contributed by atoms with Crippen molar-refractivity contribution in [3.05, 3.63) is 29.8 Å². The Bertz CT molecular complexity index is 650. The van der Waals surface area contributed by atoms with E-state index in [-0.39, 0.29) is 5.91 Å². The van der Waals surface area contributed by atoms with Crippen LogP contribution in [-0.2, 0) is 4.79 Å². The van der Waals surface area contributed by atoms with E-state index in [2.05, 4.69) is 15.8 Å². The summed E-state index contributed by atoms with van der Waals surface area (Å²) in [7, 11) is 0. The van der Waals surface area contributed by atoms with Crippen LogP contribution in [0.1, 0.15) is 57.4 Å². The lowest BCUT2D eigenvalue weighted by Gasteiger charge is -2.23. The van der Waals surface area contributed by atoms with Crippen molar-refractivity contribution >= 4 is 34.6 Å². The number of nitrogens with one attached hydrogen (secondary N) is 2. The molecule has 1 amide bonds. The Balaban J connectivity index is 1.54. The maximum absolute atomic E-state index is 11.8. The van der Waals surface area contributed by atoms with Gasteiger partial charge in [0.15, 0.2) is 5.11 Å². The number of amides is 1. The van der Waals surface area contributed by atoms with Crippen LogP contribution in [0.15, 0.2) is 29.4 Å². The minimum absolute atomic E-state index is 0.207. The molecule has 0 spiro atoms. The number of rotatable bonds is 4. The van der Waals surface area contributed by atoms with Gasteiger partial charge in [0.25, 0.3) is 0 Å². The molecule has 5 nitrogen and oxygen atoms in total. The van der Waals surface area contributed by atoms with Gasteiger partial charge in [-0.1, -0.05) is 31.4 Å². The molecule has 6 heteroatoms. The van der Waals surface area contributed by atoms with Crippen LogP contribution in [0.3, 0.4) is 0 Å². The number of carbonyl (C=O) groups excluding carboxylic acids is 1. The Morgan fingerprint density at radius 2 is 1.88 bits per heavy atom. The van der Waals surface area contributed by atoms with Gasteiger partial charge in [-0.3, -0.25) is 10.2 Å². The van der Waals surface area contributed by atoms with Crippen LogP contribution in [-0.4, -0.2) is 29.3 Å². The fourth-order valence-corrected chi connectivity index (χ4v) is 3.68. The molecule has 0 atom stereocenters. The summed E-state index contributed by atoms with van der Waals surface area (Å²) in [5.74, 6) is 0.207. The molecule has 2 N–H and O–H groups in total. The molecular formula is C19H26N4OS. The van der Waals surface area contributed by atoms with Crippen molar-refractivity contribution in [3.8, 4) is 0 Å². The Hall–Kier alpha value is -1.95. The molecule has 1 saturated carbocycles. The highest BCUT2D eigenvalue weighted by Gasteiger charge is 2.21. The van der Waals surface area contributed by atoms with Crippen LogP contribution in [0.2, 0.25) is 0 Å². The zero-order chi connectivity index (χ0) is 17.6. The van der Waals surface area contributed by atoms with Gasteiger partial charge in [-0.2, -0.15) is 5.10 Å². The lowest BCUT2D eigenvalue weighted by atomic mass is 9.96. The van der Waals surface area contributed by atoms with Gasteiger partial charge >= 0.3 is 0 Å². The van der Waals surface area contributed by atoms with Crippen molar-refractivity contribution in [1.82, 2.24) is 10.7 Å². The van der Waals surface area contributed by atoms with Gasteiger partial charge in [-0.25, -0.2) is 0 Å². The number of carbonyl (C=O) groups is 1. The molecule has 134 valence electrons. The molecular weight excluding hydrogens is 332 g/mol. The summed E-state index contributed by atoms with van der Waals surface area (Å²) in [6.07, 6.45) is 7.83. The summed E-state index contributed by atoms with van der Waals surface area (Å²) in [5.41, 5.74) is 5.79. The molecule has 3 rings (SSSR count). The molecule has 0 bridgehead atoms. The van der Waals surface area contributed by atoms with Gasteiger partial charge in [-0.15, -0.1) is 0 Å². The Morgan fingerprint density at radius 1 is 1.16 bits per heavy atom. The van der Waals surface area contributed by atoms with Gasteiger partial charge in [0.05, 0.1) is 5.71 Å². The molecule has 0 unspecified atom stereocenters. The van der Waals surface area contributed by atoms with Crippen molar-refractivity contribution in [1.29, 1.82) is 0 Å². The summed E-state index contributed by atoms with van der Waals surface area (Å²) < 4.78 is 0. The second kappa shape index (κ2) is 8.43. The van der Waals surface area contributed by atoms with Crippen molar-refractivity contribution in [2.75, 3.05) is 11.4 Å². The summed E-state index contributed by atoms with van der Waals surface area (Å²) in [6.45, 7) is 2.76. The molecule has 1 aliphatic carbocycles. The third kappa shape index (κ3) is 4.78. The maximum Gasteiger partial charge on any atom is 0.227 e. The molecule has 1 aromatic carbocycles. The largest absolute Gasteiger partial charge is 0.359 e. The molecule has 25 heavy (non-hydrogen) atoms. The first-order valence-corrected chi connectivity index (χ1v) is 9.56. The number of anilines is 1. The Kier molecular flexibility index (Phi) is 6.02. The van der Waals surface area contributed by atoms with Gasteiger partial charge in [-0.05, 0) is 56.1 Å². The normalized spacial score (nSPS) is 19.2. The van der Waals surface area contributed by atoms with Crippen molar-refractivity contribution in [2.45, 2.75) is 57.9 Å². The summed E-state index contributed by atoms with van der Waals surface area (Å²) >= 11 is 5.34. The summed E-state index contributed by atoms with van der Waals surface area (Å²) in [4.78, 5) is 13.7. The minimum Gasteiger partial charge on any atom is -0.359 e. The van der Waals surface area contributed by atoms with E-state index in [1.54, 1.807) is 0 Å². The summed E-state index contributed by atoms with van der Waals surface area (Å²) in [5, 5.41) is 8.32. The van der Waals surface area contributed by atoms with Crippen LogP contribution in [0.5, 0.6) is 0 Å². The second-order valence-electron chi connectivity index (χ2n) is 6.81. The Labute approximate surface area is 154 Å². The van der Waals surface area contributed by atoms with E-state index in [4.69, 9.17) is 12.2 Å². The fourth-order valence-electron chi connectivity index (χ4n) is 3.47. The van der Waals surface area contributed by atoms with E-state index in [9.17, 15) is 4.79 Å². The molecule has 1 saturated heterocycles. The van der Waals surface area contributed by atoms with Crippen molar-refractivity contribution in [3.63, 3.8) is 0 Å². The van der Waals surface area contributed by atoms with Crippen molar-refractivity contribution < 1.29 is 4.79 Å². The molecule has 1 aromatic rings. The smallest absolute Gasteiger partial charge is 0.227 e. The third-order valence-corrected chi connectivity index (χ3v) is 5.14. The van der Waals surface area contributed by atoms with Crippen molar-refractivity contribution in [2.24, 2.45) is 5.10 Å². The topological polar surface area (TPSA) is 56.7 Å². The van der Waals surface area contributed by atoms with E-state index in [0.29, 0.717) is 17.6 Å². The molecule has 1 heterocycles. The molecule has 2 fully saturated rings. The van der Waals surface area contributed by atoms with E-state index in [0.717, 1.165) is 29.9 Å². The number of hydrazone groups is 1. The average molecular weight is 359 g/mol. The first kappa shape index (κ1) is 17.9. The fraction of sp³-hybridized carbons (Fsp3) is 0.526. The van der Waals surface area contributed by atoms with E-state index < -0.39 is 0 Å². The van der Waals surface area contributed by atoms with Gasteiger partial charge in [0, 0.05) is 24.7 Å². The standard InChI is InChI=1S/C19H26N4OS/c1-14(21-22-19(25)20-16-6-3-2-4-7-16)15-9-11-17(12-10-15)23-13-5-8-18(23)24/h9-12,16H,2-8,13H2,1H3,(H2,20,22,25)/b21-14-. The highest BCUT2D eigenvalue weighted by molar-refractivity contribution is 7.80. The highest BCUT2D eigenvalue weighted by atomic mass is 32.1. The number of thiocarbonyl (C=S) groups is 1. The van der Waals surface area contributed by atoms with Crippen LogP contribution in [0.4, 0.5) is 5.69 Å². The molecule has 2 aliphatic rings. The number of hydrogen-bond acceptors (Lipinski definition) is 3. The van der Waals surface area contributed by atoms with Crippen LogP contribution in [0.25, 0.3) is 0 Å². The molecule has 0 radical (unpaired) electrons. The van der Waals surface area contributed by atoms with Gasteiger partial charge < -0.3 is 10.2 Å². The van der Waals surface area contributed by atoms with E-state index in [1.165, 1.54) is 32.1 Å². The van der Waals surface area contributed by atoms with E-state index in [1.807, 2.05) is 36.1 Å². The van der Waals surface area contributed by atoms with E-state index >= 15 is 0 Å². The number of hydrogen-bond donors (Lipinski definition) is 2. The maximum atomic E-state index is 11.8. The highest BCUT2D eigenvalue weighted by Crippen LogP contribution is 2.21. The predicted octanol–water partition coefficient (Wildman–Crippen LogP) is 3.33. The SMILES string of the molecule is C/C(=N/NC(=S)NC1CCCCC1)c1ccc(N2CCCC2=O)cc1. The van der Waals surface area contributed by atoms with Gasteiger partial charge in [0.2, 0.25) is 5.91 Å². The average Bonchev–Trinajstić information content (AvgIpc) is 3.07. The molecule has 1 aliphatic heterocycles. The minimum atomic E-state index is 0.207. The zero-order valence-corrected chi connectivity index (χ0v) is 15.6. The molecule has 0 aromatic heterocycles. The van der Waals surface area contributed by atoms with Crippen LogP contribution >= 0.6 is 12.2 Å². The third-order valence-electron chi connectivity index (χ3n) is 4.94. The van der Waals surface area contributed by atoms with Crippen LogP contribution < -0.4 is 15.6 Å².